The molecule has 1 aliphatic rings. The van der Waals surface area contributed by atoms with Gasteiger partial charge >= 0.3 is 0 Å². The quantitative estimate of drug-likeness (QED) is 0.676. The van der Waals surface area contributed by atoms with E-state index in [4.69, 9.17) is 5.73 Å². The van der Waals surface area contributed by atoms with Crippen LogP contribution in [0.1, 0.15) is 29.6 Å². The Morgan fingerprint density at radius 3 is 2.39 bits per heavy atom. The number of carbonyl (C=O) groups is 1. The summed E-state index contributed by atoms with van der Waals surface area (Å²) in [6, 6.07) is 15.4. The fourth-order valence-corrected chi connectivity index (χ4v) is 3.42. The monoisotopic (exact) mass is 373 g/mol. The summed E-state index contributed by atoms with van der Waals surface area (Å²) in [4.78, 5) is 23.8. The number of nitrogens with one attached hydrogen (secondary N) is 1. The molecule has 0 aliphatic carbocycles. The normalized spacial score (nSPS) is 13.9. The first-order chi connectivity index (χ1) is 13.7. The van der Waals surface area contributed by atoms with E-state index in [0.29, 0.717) is 22.8 Å². The van der Waals surface area contributed by atoms with E-state index in [2.05, 4.69) is 20.2 Å². The van der Waals surface area contributed by atoms with Gasteiger partial charge in [0.25, 0.3) is 5.91 Å². The molecule has 142 valence electrons. The molecule has 1 aliphatic heterocycles. The van der Waals surface area contributed by atoms with Crippen LogP contribution in [0.15, 0.2) is 60.9 Å². The van der Waals surface area contributed by atoms with Gasteiger partial charge in [-0.1, -0.05) is 30.3 Å². The lowest BCUT2D eigenvalue weighted by Crippen LogP contribution is -2.29. The van der Waals surface area contributed by atoms with Crippen molar-refractivity contribution in [1.82, 2.24) is 9.97 Å². The molecule has 3 N–H and O–H groups in total. The Kier molecular flexibility index (Phi) is 5.19. The Labute approximate surface area is 164 Å². The van der Waals surface area contributed by atoms with Crippen molar-refractivity contribution in [1.29, 1.82) is 0 Å². The molecule has 0 radical (unpaired) electrons. The number of benzene rings is 2. The van der Waals surface area contributed by atoms with Crippen LogP contribution < -0.4 is 16.0 Å². The number of nitrogen functional groups attached to an aromatic ring is 1. The van der Waals surface area contributed by atoms with Gasteiger partial charge < -0.3 is 16.0 Å². The molecule has 4 rings (SSSR count). The zero-order chi connectivity index (χ0) is 19.3. The highest BCUT2D eigenvalue weighted by Gasteiger charge is 2.16. The van der Waals surface area contributed by atoms with Crippen molar-refractivity contribution in [2.24, 2.45) is 0 Å². The topological polar surface area (TPSA) is 84.1 Å². The second-order valence-electron chi connectivity index (χ2n) is 6.93. The van der Waals surface area contributed by atoms with E-state index in [0.717, 1.165) is 24.3 Å². The average molecular weight is 373 g/mol. The van der Waals surface area contributed by atoms with E-state index in [9.17, 15) is 4.79 Å². The smallest absolute Gasteiger partial charge is 0.257 e. The summed E-state index contributed by atoms with van der Waals surface area (Å²) in [7, 11) is 0. The van der Waals surface area contributed by atoms with Crippen LogP contribution in [0.4, 0.5) is 17.1 Å². The fourth-order valence-electron chi connectivity index (χ4n) is 3.42. The number of aromatic nitrogens is 2. The van der Waals surface area contributed by atoms with Crippen LogP contribution in [0, 0.1) is 0 Å². The molecule has 0 atom stereocenters. The van der Waals surface area contributed by atoms with Gasteiger partial charge in [0.1, 0.15) is 0 Å². The van der Waals surface area contributed by atoms with E-state index in [1.54, 1.807) is 18.5 Å². The van der Waals surface area contributed by atoms with Crippen molar-refractivity contribution < 1.29 is 4.79 Å². The molecular formula is C22H23N5O. The van der Waals surface area contributed by atoms with Crippen molar-refractivity contribution in [3.05, 3.63) is 66.5 Å². The molecule has 1 amide bonds. The van der Waals surface area contributed by atoms with E-state index in [1.165, 1.54) is 19.3 Å². The molecule has 1 saturated heterocycles. The zero-order valence-electron chi connectivity index (χ0n) is 15.6. The number of hydrogen-bond acceptors (Lipinski definition) is 5. The molecular weight excluding hydrogens is 350 g/mol. The first-order valence-corrected chi connectivity index (χ1v) is 9.54. The maximum atomic E-state index is 12.8. The zero-order valence-corrected chi connectivity index (χ0v) is 15.6. The Balaban J connectivity index is 1.50. The van der Waals surface area contributed by atoms with E-state index in [1.807, 2.05) is 42.5 Å². The van der Waals surface area contributed by atoms with Gasteiger partial charge in [0, 0.05) is 30.0 Å². The maximum absolute atomic E-state index is 12.8. The highest BCUT2D eigenvalue weighted by Crippen LogP contribution is 2.25. The first-order valence-electron chi connectivity index (χ1n) is 9.54. The summed E-state index contributed by atoms with van der Waals surface area (Å²) in [6.45, 7) is 2.03. The SMILES string of the molecule is Nc1ccc(N2CCCCC2)cc1C(=O)Nc1cnc(-c2ccccc2)nc1. The van der Waals surface area contributed by atoms with Gasteiger partial charge in [0.15, 0.2) is 5.82 Å². The molecule has 1 fully saturated rings. The van der Waals surface area contributed by atoms with Crippen molar-refractivity contribution in [3.63, 3.8) is 0 Å². The number of nitrogens with zero attached hydrogens (tertiary/aromatic N) is 3. The largest absolute Gasteiger partial charge is 0.398 e. The molecule has 0 spiro atoms. The number of carbonyl (C=O) groups excluding carboxylic acids is 1. The summed E-state index contributed by atoms with van der Waals surface area (Å²) in [6.07, 6.45) is 6.83. The van der Waals surface area contributed by atoms with Gasteiger partial charge in [-0.3, -0.25) is 4.79 Å². The molecule has 28 heavy (non-hydrogen) atoms. The van der Waals surface area contributed by atoms with Crippen LogP contribution in [0.2, 0.25) is 0 Å². The lowest BCUT2D eigenvalue weighted by atomic mass is 10.1. The third kappa shape index (κ3) is 3.96. The first kappa shape index (κ1) is 18.0. The predicted octanol–water partition coefficient (Wildman–Crippen LogP) is 3.97. The second-order valence-corrected chi connectivity index (χ2v) is 6.93. The second kappa shape index (κ2) is 8.08. The van der Waals surface area contributed by atoms with E-state index < -0.39 is 0 Å². The van der Waals surface area contributed by atoms with E-state index >= 15 is 0 Å². The number of rotatable bonds is 4. The predicted molar refractivity (Wildman–Crippen MR) is 112 cm³/mol. The molecule has 2 heterocycles. The van der Waals surface area contributed by atoms with Crippen molar-refractivity contribution >= 4 is 23.0 Å². The highest BCUT2D eigenvalue weighted by atomic mass is 16.1. The van der Waals surface area contributed by atoms with Crippen LogP contribution in [0.3, 0.4) is 0 Å². The minimum Gasteiger partial charge on any atom is -0.398 e. The van der Waals surface area contributed by atoms with Crippen LogP contribution in [0.25, 0.3) is 11.4 Å². The molecule has 0 bridgehead atoms. The van der Waals surface area contributed by atoms with Gasteiger partial charge in [-0.2, -0.15) is 0 Å². The number of amides is 1. The summed E-state index contributed by atoms with van der Waals surface area (Å²) in [5.41, 5.74) is 9.49. The van der Waals surface area contributed by atoms with Crippen LogP contribution >= 0.6 is 0 Å². The lowest BCUT2D eigenvalue weighted by molar-refractivity contribution is 0.102. The summed E-state index contributed by atoms with van der Waals surface area (Å²) < 4.78 is 0. The summed E-state index contributed by atoms with van der Waals surface area (Å²) >= 11 is 0. The number of piperidine rings is 1. The molecule has 6 heteroatoms. The Morgan fingerprint density at radius 2 is 1.68 bits per heavy atom. The molecule has 2 aromatic carbocycles. The lowest BCUT2D eigenvalue weighted by Gasteiger charge is -2.29. The van der Waals surface area contributed by atoms with Crippen molar-refractivity contribution in [2.75, 3.05) is 29.0 Å². The highest BCUT2D eigenvalue weighted by molar-refractivity contribution is 6.08. The fraction of sp³-hybridized carbons (Fsp3) is 0.227. The van der Waals surface area contributed by atoms with Crippen LogP contribution in [-0.2, 0) is 0 Å². The number of anilines is 3. The minimum atomic E-state index is -0.257. The summed E-state index contributed by atoms with van der Waals surface area (Å²) in [5.74, 6) is 0.359. The molecule has 0 saturated carbocycles. The van der Waals surface area contributed by atoms with Gasteiger partial charge in [-0.05, 0) is 37.5 Å². The average Bonchev–Trinajstić information content (AvgIpc) is 2.76. The van der Waals surface area contributed by atoms with Crippen molar-refractivity contribution in [3.8, 4) is 11.4 Å². The third-order valence-electron chi connectivity index (χ3n) is 4.94. The maximum Gasteiger partial charge on any atom is 0.257 e. The van der Waals surface area contributed by atoms with Gasteiger partial charge in [0.05, 0.1) is 23.6 Å². The third-order valence-corrected chi connectivity index (χ3v) is 4.94. The van der Waals surface area contributed by atoms with Gasteiger partial charge in [-0.15, -0.1) is 0 Å². The van der Waals surface area contributed by atoms with Gasteiger partial charge in [-0.25, -0.2) is 9.97 Å². The standard InChI is InChI=1S/C22H23N5O/c23-20-10-9-18(27-11-5-2-6-12-27)13-19(20)22(28)26-17-14-24-21(25-15-17)16-7-3-1-4-8-16/h1,3-4,7-10,13-15H,2,5-6,11-12,23H2,(H,26,28). The van der Waals surface area contributed by atoms with Crippen LogP contribution in [0.5, 0.6) is 0 Å². The Morgan fingerprint density at radius 1 is 0.964 bits per heavy atom. The summed E-state index contributed by atoms with van der Waals surface area (Å²) in [5, 5.41) is 2.85. The van der Waals surface area contributed by atoms with E-state index in [-0.39, 0.29) is 5.91 Å². The van der Waals surface area contributed by atoms with Crippen LogP contribution in [-0.4, -0.2) is 29.0 Å². The molecule has 6 nitrogen and oxygen atoms in total. The Bertz CT molecular complexity index is 950. The molecule has 3 aromatic rings. The molecule has 0 unspecified atom stereocenters. The van der Waals surface area contributed by atoms with Crippen molar-refractivity contribution in [2.45, 2.75) is 19.3 Å². The Hall–Kier alpha value is -3.41. The number of nitrogens with two attached hydrogens (primary N) is 1. The van der Waals surface area contributed by atoms with Gasteiger partial charge in [0.2, 0.25) is 0 Å². The molecule has 1 aromatic heterocycles. The minimum absolute atomic E-state index is 0.257. The number of hydrogen-bond donors (Lipinski definition) is 2.